The van der Waals surface area contributed by atoms with Gasteiger partial charge in [0, 0.05) is 10.2 Å². The number of nitrogens with one attached hydrogen (secondary N) is 3. The van der Waals surface area contributed by atoms with Crippen molar-refractivity contribution in [2.24, 2.45) is 5.84 Å². The molecule has 0 aliphatic carbocycles. The molecule has 0 spiro atoms. The van der Waals surface area contributed by atoms with Gasteiger partial charge in [-0.3, -0.25) is 10.5 Å². The van der Waals surface area contributed by atoms with Crippen LogP contribution in [0.1, 0.15) is 11.1 Å². The van der Waals surface area contributed by atoms with E-state index in [9.17, 15) is 0 Å². The fourth-order valence-corrected chi connectivity index (χ4v) is 2.91. The van der Waals surface area contributed by atoms with E-state index < -0.39 is 0 Å². The lowest BCUT2D eigenvalue weighted by atomic mass is 10.1. The molecule has 0 saturated heterocycles. The van der Waals surface area contributed by atoms with E-state index in [1.165, 1.54) is 0 Å². The van der Waals surface area contributed by atoms with E-state index in [1.54, 1.807) is 6.20 Å². The maximum Gasteiger partial charge on any atom is 0.241 e. The van der Waals surface area contributed by atoms with E-state index in [1.807, 2.05) is 26.0 Å². The van der Waals surface area contributed by atoms with Gasteiger partial charge in [-0.2, -0.15) is 15.1 Å². The zero-order valence-corrected chi connectivity index (χ0v) is 13.1. The molecular formula is C13H14BrN7. The molecule has 3 rings (SSSR count). The van der Waals surface area contributed by atoms with Crippen LogP contribution in [0.25, 0.3) is 11.0 Å². The number of fused-ring (bicyclic) bond motifs is 1. The van der Waals surface area contributed by atoms with E-state index in [0.29, 0.717) is 17.4 Å². The summed E-state index contributed by atoms with van der Waals surface area (Å²) >= 11 is 3.49. The van der Waals surface area contributed by atoms with Gasteiger partial charge in [0.1, 0.15) is 5.82 Å². The predicted octanol–water partition coefficient (Wildman–Crippen LogP) is 2.76. The van der Waals surface area contributed by atoms with E-state index in [-0.39, 0.29) is 0 Å². The van der Waals surface area contributed by atoms with Gasteiger partial charge >= 0.3 is 0 Å². The van der Waals surface area contributed by atoms with Gasteiger partial charge in [0.2, 0.25) is 5.95 Å². The average molecular weight is 348 g/mol. The van der Waals surface area contributed by atoms with Crippen molar-refractivity contribution >= 4 is 44.4 Å². The van der Waals surface area contributed by atoms with Gasteiger partial charge in [-0.05, 0) is 37.1 Å². The van der Waals surface area contributed by atoms with Crippen LogP contribution in [0.3, 0.4) is 0 Å². The van der Waals surface area contributed by atoms with Gasteiger partial charge in [-0.15, -0.1) is 0 Å². The second-order valence-electron chi connectivity index (χ2n) is 4.71. The number of H-pyrrole nitrogens is 1. The summed E-state index contributed by atoms with van der Waals surface area (Å²) in [6.45, 7) is 4.08. The normalized spacial score (nSPS) is 10.9. The molecule has 0 unspecified atom stereocenters. The maximum absolute atomic E-state index is 5.41. The zero-order chi connectivity index (χ0) is 15.0. The third kappa shape index (κ3) is 2.55. The van der Waals surface area contributed by atoms with Crippen LogP contribution < -0.4 is 16.6 Å². The average Bonchev–Trinajstić information content (AvgIpc) is 2.90. The molecular weight excluding hydrogens is 334 g/mol. The topological polar surface area (TPSA) is 105 Å². The summed E-state index contributed by atoms with van der Waals surface area (Å²) in [5.74, 6) is 6.38. The lowest BCUT2D eigenvalue weighted by molar-refractivity contribution is 1.08. The molecule has 8 heteroatoms. The number of hydrogen-bond acceptors (Lipinski definition) is 6. The molecule has 3 aromatic rings. The van der Waals surface area contributed by atoms with Crippen LogP contribution in [-0.2, 0) is 0 Å². The molecule has 0 atom stereocenters. The summed E-state index contributed by atoms with van der Waals surface area (Å²) < 4.78 is 1.04. The van der Waals surface area contributed by atoms with Crippen molar-refractivity contribution in [3.63, 3.8) is 0 Å². The lowest BCUT2D eigenvalue weighted by Crippen LogP contribution is -2.11. The summed E-state index contributed by atoms with van der Waals surface area (Å²) in [5.41, 5.74) is 6.30. The SMILES string of the molecule is Cc1cc(Br)cc(C)c1Nc1nc(NN)nc2[nH]ncc12. The summed E-state index contributed by atoms with van der Waals surface area (Å²) in [7, 11) is 0. The van der Waals surface area contributed by atoms with Crippen LogP contribution in [0.15, 0.2) is 22.8 Å². The van der Waals surface area contributed by atoms with Crippen molar-refractivity contribution in [3.05, 3.63) is 33.9 Å². The van der Waals surface area contributed by atoms with Crippen molar-refractivity contribution in [1.29, 1.82) is 0 Å². The molecule has 2 aromatic heterocycles. The van der Waals surface area contributed by atoms with Crippen LogP contribution in [-0.4, -0.2) is 20.2 Å². The number of aromatic nitrogens is 4. The molecule has 7 nitrogen and oxygen atoms in total. The molecule has 1 aromatic carbocycles. The quantitative estimate of drug-likeness (QED) is 0.429. The first kappa shape index (κ1) is 13.8. The minimum Gasteiger partial charge on any atom is -0.339 e. The number of rotatable bonds is 3. The summed E-state index contributed by atoms with van der Waals surface area (Å²) in [5, 5.41) is 11.0. The number of halogens is 1. The van der Waals surface area contributed by atoms with Gasteiger partial charge in [0.05, 0.1) is 11.6 Å². The number of hydrazine groups is 1. The fourth-order valence-electron chi connectivity index (χ4n) is 2.22. The molecule has 0 aliphatic heterocycles. The number of nitrogens with zero attached hydrogens (tertiary/aromatic N) is 3. The number of hydrogen-bond donors (Lipinski definition) is 4. The molecule has 0 amide bonds. The summed E-state index contributed by atoms with van der Waals surface area (Å²) in [4.78, 5) is 8.56. The van der Waals surface area contributed by atoms with Crippen LogP contribution in [0.4, 0.5) is 17.5 Å². The first-order valence-electron chi connectivity index (χ1n) is 6.30. The highest BCUT2D eigenvalue weighted by Gasteiger charge is 2.12. The Kier molecular flexibility index (Phi) is 3.48. The third-order valence-electron chi connectivity index (χ3n) is 3.18. The van der Waals surface area contributed by atoms with Crippen LogP contribution in [0, 0.1) is 13.8 Å². The molecule has 108 valence electrons. The number of aryl methyl sites for hydroxylation is 2. The number of nitrogen functional groups attached to an aromatic ring is 1. The minimum atomic E-state index is 0.321. The molecule has 0 bridgehead atoms. The highest BCUT2D eigenvalue weighted by molar-refractivity contribution is 9.10. The van der Waals surface area contributed by atoms with Crippen molar-refractivity contribution in [1.82, 2.24) is 20.2 Å². The Bertz CT molecular complexity index is 788. The van der Waals surface area contributed by atoms with E-state index in [2.05, 4.69) is 46.8 Å². The molecule has 0 aliphatic rings. The predicted molar refractivity (Wildman–Crippen MR) is 86.4 cm³/mol. The Morgan fingerprint density at radius 1 is 1.19 bits per heavy atom. The Morgan fingerprint density at radius 2 is 1.90 bits per heavy atom. The van der Waals surface area contributed by atoms with E-state index >= 15 is 0 Å². The van der Waals surface area contributed by atoms with Crippen molar-refractivity contribution < 1.29 is 0 Å². The van der Waals surface area contributed by atoms with Gasteiger partial charge < -0.3 is 5.32 Å². The first-order chi connectivity index (χ1) is 10.1. The van der Waals surface area contributed by atoms with Crippen LogP contribution in [0.2, 0.25) is 0 Å². The first-order valence-corrected chi connectivity index (χ1v) is 7.09. The molecule has 0 saturated carbocycles. The summed E-state index contributed by atoms with van der Waals surface area (Å²) in [6, 6.07) is 4.09. The number of anilines is 3. The van der Waals surface area contributed by atoms with E-state index in [0.717, 1.165) is 26.7 Å². The van der Waals surface area contributed by atoms with Crippen LogP contribution >= 0.6 is 15.9 Å². The fraction of sp³-hybridized carbons (Fsp3) is 0.154. The van der Waals surface area contributed by atoms with Crippen molar-refractivity contribution in [2.75, 3.05) is 10.7 Å². The third-order valence-corrected chi connectivity index (χ3v) is 3.64. The molecule has 5 N–H and O–H groups in total. The Hall–Kier alpha value is -2.19. The number of aromatic amines is 1. The van der Waals surface area contributed by atoms with Crippen LogP contribution in [0.5, 0.6) is 0 Å². The Balaban J connectivity index is 2.11. The molecule has 21 heavy (non-hydrogen) atoms. The smallest absolute Gasteiger partial charge is 0.241 e. The van der Waals surface area contributed by atoms with Gasteiger partial charge in [-0.25, -0.2) is 5.84 Å². The molecule has 0 radical (unpaired) electrons. The molecule has 0 fully saturated rings. The standard InChI is InChI=1S/C13H14BrN7/c1-6-3-8(14)4-7(2)10(6)17-11-9-5-16-21-12(9)19-13(18-11)20-15/h3-5H,15H2,1-2H3,(H3,16,17,18,19,20,21). The second kappa shape index (κ2) is 5.30. The van der Waals surface area contributed by atoms with Gasteiger partial charge in [-0.1, -0.05) is 15.9 Å². The van der Waals surface area contributed by atoms with Gasteiger partial charge in [0.15, 0.2) is 5.65 Å². The van der Waals surface area contributed by atoms with E-state index in [4.69, 9.17) is 5.84 Å². The summed E-state index contributed by atoms with van der Waals surface area (Å²) in [6.07, 6.45) is 1.68. The Morgan fingerprint density at radius 3 is 2.57 bits per heavy atom. The van der Waals surface area contributed by atoms with Gasteiger partial charge in [0.25, 0.3) is 0 Å². The second-order valence-corrected chi connectivity index (χ2v) is 5.63. The maximum atomic E-state index is 5.41. The molecule has 2 heterocycles. The largest absolute Gasteiger partial charge is 0.339 e. The monoisotopic (exact) mass is 347 g/mol. The minimum absolute atomic E-state index is 0.321. The number of nitrogens with two attached hydrogens (primary N) is 1. The number of benzene rings is 1. The lowest BCUT2D eigenvalue weighted by Gasteiger charge is -2.14. The van der Waals surface area contributed by atoms with Crippen molar-refractivity contribution in [3.8, 4) is 0 Å². The highest BCUT2D eigenvalue weighted by Crippen LogP contribution is 2.30. The zero-order valence-electron chi connectivity index (χ0n) is 11.5. The highest BCUT2D eigenvalue weighted by atomic mass is 79.9. The van der Waals surface area contributed by atoms with Crippen molar-refractivity contribution in [2.45, 2.75) is 13.8 Å². The Labute approximate surface area is 129 Å².